The number of nitrogens with zero attached hydrogens (tertiary/aromatic N) is 1. The van der Waals surface area contributed by atoms with Crippen LogP contribution in [0.1, 0.15) is 54.4 Å². The zero-order valence-corrected chi connectivity index (χ0v) is 10.8. The van der Waals surface area contributed by atoms with Gasteiger partial charge in [0.25, 0.3) is 5.91 Å². The summed E-state index contributed by atoms with van der Waals surface area (Å²) in [6, 6.07) is 0.340. The van der Waals surface area contributed by atoms with Crippen LogP contribution in [0.5, 0.6) is 0 Å². The van der Waals surface area contributed by atoms with Gasteiger partial charge in [-0.05, 0) is 45.4 Å². The molecule has 1 aromatic heterocycles. The summed E-state index contributed by atoms with van der Waals surface area (Å²) in [6.45, 7) is 6.03. The summed E-state index contributed by atoms with van der Waals surface area (Å²) in [7, 11) is 0. The van der Waals surface area contributed by atoms with Crippen LogP contribution in [0.2, 0.25) is 0 Å². The second kappa shape index (κ2) is 4.90. The van der Waals surface area contributed by atoms with E-state index in [9.17, 15) is 4.79 Å². The highest BCUT2D eigenvalue weighted by Crippen LogP contribution is 2.23. The summed E-state index contributed by atoms with van der Waals surface area (Å²) < 4.78 is 0. The molecule has 1 amide bonds. The summed E-state index contributed by atoms with van der Waals surface area (Å²) in [5, 5.41) is 10.0. The summed E-state index contributed by atoms with van der Waals surface area (Å²) >= 11 is 0. The van der Waals surface area contributed by atoms with Gasteiger partial charge in [-0.25, -0.2) is 0 Å². The molecular formula is C13H21N3O. The number of carbonyl (C=O) groups is 1. The maximum Gasteiger partial charge on any atom is 0.255 e. The van der Waals surface area contributed by atoms with Crippen LogP contribution < -0.4 is 5.32 Å². The van der Waals surface area contributed by atoms with Gasteiger partial charge in [-0.3, -0.25) is 9.89 Å². The van der Waals surface area contributed by atoms with E-state index < -0.39 is 0 Å². The molecule has 2 N–H and O–H groups in total. The monoisotopic (exact) mass is 235 g/mol. The maximum absolute atomic E-state index is 12.1. The summed E-state index contributed by atoms with van der Waals surface area (Å²) in [5.41, 5.74) is 2.34. The molecule has 1 heterocycles. The molecule has 0 atom stereocenters. The molecule has 1 aromatic rings. The molecule has 0 spiro atoms. The molecule has 4 nitrogen and oxygen atoms in total. The number of carbonyl (C=O) groups excluding carboxylic acids is 1. The van der Waals surface area contributed by atoms with E-state index in [0.29, 0.717) is 11.6 Å². The van der Waals surface area contributed by atoms with Gasteiger partial charge in [0.1, 0.15) is 0 Å². The second-order valence-electron chi connectivity index (χ2n) is 5.24. The first-order valence-electron chi connectivity index (χ1n) is 6.40. The molecule has 17 heavy (non-hydrogen) atoms. The van der Waals surface area contributed by atoms with Crippen molar-refractivity contribution in [2.75, 3.05) is 0 Å². The quantitative estimate of drug-likeness (QED) is 0.826. The zero-order chi connectivity index (χ0) is 12.4. The van der Waals surface area contributed by atoms with Crippen molar-refractivity contribution in [2.24, 2.45) is 5.92 Å². The number of rotatable bonds is 2. The average molecular weight is 235 g/mol. The Morgan fingerprint density at radius 2 is 1.94 bits per heavy atom. The standard InChI is InChI=1S/C13H21N3O/c1-8-4-6-11(7-5-8)14-13(17)12-9(2)15-16-10(12)3/h8,11H,4-7H2,1-3H3,(H,14,17)(H,15,16). The average Bonchev–Trinajstić information content (AvgIpc) is 2.62. The minimum atomic E-state index is 0.0216. The number of hydrogen-bond acceptors (Lipinski definition) is 2. The van der Waals surface area contributed by atoms with Gasteiger partial charge in [-0.2, -0.15) is 5.10 Å². The molecule has 0 bridgehead atoms. The summed E-state index contributed by atoms with van der Waals surface area (Å²) in [5.74, 6) is 0.828. The molecule has 0 saturated heterocycles. The largest absolute Gasteiger partial charge is 0.349 e. The maximum atomic E-state index is 12.1. The number of nitrogens with one attached hydrogen (secondary N) is 2. The summed E-state index contributed by atoms with van der Waals surface area (Å²) in [4.78, 5) is 12.1. The molecule has 0 aliphatic heterocycles. The Labute approximate surface area is 102 Å². The molecule has 1 fully saturated rings. The lowest BCUT2D eigenvalue weighted by molar-refractivity contribution is 0.0922. The Morgan fingerprint density at radius 3 is 2.47 bits per heavy atom. The van der Waals surface area contributed by atoms with Crippen molar-refractivity contribution < 1.29 is 4.79 Å². The highest BCUT2D eigenvalue weighted by atomic mass is 16.1. The van der Waals surface area contributed by atoms with Crippen LogP contribution in [0.4, 0.5) is 0 Å². The van der Waals surface area contributed by atoms with E-state index in [2.05, 4.69) is 22.4 Å². The predicted molar refractivity (Wildman–Crippen MR) is 66.9 cm³/mol. The Kier molecular flexibility index (Phi) is 3.50. The smallest absolute Gasteiger partial charge is 0.255 e. The van der Waals surface area contributed by atoms with Crippen LogP contribution in [0.15, 0.2) is 0 Å². The number of hydrogen-bond donors (Lipinski definition) is 2. The first-order chi connectivity index (χ1) is 8.08. The van der Waals surface area contributed by atoms with Crippen molar-refractivity contribution >= 4 is 5.91 Å². The molecule has 94 valence electrons. The highest BCUT2D eigenvalue weighted by Gasteiger charge is 2.22. The van der Waals surface area contributed by atoms with Gasteiger partial charge < -0.3 is 5.32 Å². The van der Waals surface area contributed by atoms with E-state index in [0.717, 1.165) is 30.1 Å². The first-order valence-corrected chi connectivity index (χ1v) is 6.40. The van der Waals surface area contributed by atoms with E-state index in [-0.39, 0.29) is 5.91 Å². The third-order valence-electron chi connectivity index (χ3n) is 3.71. The Morgan fingerprint density at radius 1 is 1.29 bits per heavy atom. The number of H-pyrrole nitrogens is 1. The van der Waals surface area contributed by atoms with E-state index in [1.165, 1.54) is 12.8 Å². The molecule has 2 rings (SSSR count). The van der Waals surface area contributed by atoms with Crippen molar-refractivity contribution in [3.05, 3.63) is 17.0 Å². The van der Waals surface area contributed by atoms with Crippen molar-refractivity contribution in [3.63, 3.8) is 0 Å². The Bertz CT molecular complexity index is 383. The van der Waals surface area contributed by atoms with Gasteiger partial charge in [0, 0.05) is 11.7 Å². The zero-order valence-electron chi connectivity index (χ0n) is 10.8. The van der Waals surface area contributed by atoms with Crippen LogP contribution in [-0.2, 0) is 0 Å². The van der Waals surface area contributed by atoms with Crippen molar-refractivity contribution in [1.29, 1.82) is 0 Å². The van der Waals surface area contributed by atoms with Gasteiger partial charge in [0.05, 0.1) is 11.3 Å². The number of aromatic nitrogens is 2. The molecule has 4 heteroatoms. The fourth-order valence-corrected chi connectivity index (χ4v) is 2.55. The molecule has 1 saturated carbocycles. The van der Waals surface area contributed by atoms with E-state index in [1.54, 1.807) is 0 Å². The normalized spacial score (nSPS) is 24.6. The fraction of sp³-hybridized carbons (Fsp3) is 0.692. The van der Waals surface area contributed by atoms with E-state index in [4.69, 9.17) is 0 Å². The van der Waals surface area contributed by atoms with Crippen LogP contribution in [-0.4, -0.2) is 22.1 Å². The van der Waals surface area contributed by atoms with Crippen LogP contribution in [0.25, 0.3) is 0 Å². The Hall–Kier alpha value is -1.32. The number of amides is 1. The van der Waals surface area contributed by atoms with Crippen molar-refractivity contribution in [3.8, 4) is 0 Å². The molecule has 1 aliphatic rings. The molecule has 0 radical (unpaired) electrons. The van der Waals surface area contributed by atoms with Crippen LogP contribution in [0, 0.1) is 19.8 Å². The van der Waals surface area contributed by atoms with E-state index >= 15 is 0 Å². The molecule has 0 aromatic carbocycles. The minimum Gasteiger partial charge on any atom is -0.349 e. The SMILES string of the molecule is Cc1n[nH]c(C)c1C(=O)NC1CCC(C)CC1. The van der Waals surface area contributed by atoms with Gasteiger partial charge in [-0.15, -0.1) is 0 Å². The lowest BCUT2D eigenvalue weighted by Crippen LogP contribution is -2.37. The van der Waals surface area contributed by atoms with E-state index in [1.807, 2.05) is 13.8 Å². The lowest BCUT2D eigenvalue weighted by atomic mass is 9.87. The predicted octanol–water partition coefficient (Wildman–Crippen LogP) is 2.34. The van der Waals surface area contributed by atoms with Gasteiger partial charge >= 0.3 is 0 Å². The number of aromatic amines is 1. The second-order valence-corrected chi connectivity index (χ2v) is 5.24. The highest BCUT2D eigenvalue weighted by molar-refractivity contribution is 5.96. The lowest BCUT2D eigenvalue weighted by Gasteiger charge is -2.26. The fourth-order valence-electron chi connectivity index (χ4n) is 2.55. The minimum absolute atomic E-state index is 0.0216. The van der Waals surface area contributed by atoms with Crippen molar-refractivity contribution in [1.82, 2.24) is 15.5 Å². The topological polar surface area (TPSA) is 57.8 Å². The van der Waals surface area contributed by atoms with Crippen LogP contribution in [0.3, 0.4) is 0 Å². The van der Waals surface area contributed by atoms with Crippen LogP contribution >= 0.6 is 0 Å². The summed E-state index contributed by atoms with van der Waals surface area (Å²) in [6.07, 6.45) is 4.63. The first kappa shape index (κ1) is 12.1. The van der Waals surface area contributed by atoms with Gasteiger partial charge in [0.15, 0.2) is 0 Å². The van der Waals surface area contributed by atoms with Gasteiger partial charge in [-0.1, -0.05) is 6.92 Å². The molecular weight excluding hydrogens is 214 g/mol. The molecule has 0 unspecified atom stereocenters. The Balaban J connectivity index is 1.98. The molecule has 1 aliphatic carbocycles. The number of aryl methyl sites for hydroxylation is 2. The van der Waals surface area contributed by atoms with Crippen molar-refractivity contribution in [2.45, 2.75) is 52.5 Å². The van der Waals surface area contributed by atoms with Gasteiger partial charge in [0.2, 0.25) is 0 Å². The third kappa shape index (κ3) is 2.68. The third-order valence-corrected chi connectivity index (χ3v) is 3.71.